The fourth-order valence-electron chi connectivity index (χ4n) is 2.66. The van der Waals surface area contributed by atoms with Gasteiger partial charge in [-0.05, 0) is 12.8 Å². The van der Waals surface area contributed by atoms with Crippen LogP contribution in [0.25, 0.3) is 0 Å². The molecule has 0 radical (unpaired) electrons. The highest BCUT2D eigenvalue weighted by Gasteiger charge is 2.30. The predicted octanol–water partition coefficient (Wildman–Crippen LogP) is -4.38. The van der Waals surface area contributed by atoms with E-state index in [2.05, 4.69) is 16.0 Å². The molecule has 1 fully saturated rings. The number of β-amino-alcohol motifs (C(OH)–C–C–N with tert-alkyl or cyclic N) is 1. The second-order valence-corrected chi connectivity index (χ2v) is 6.69. The van der Waals surface area contributed by atoms with Gasteiger partial charge in [-0.15, -0.1) is 0 Å². The molecule has 30 heavy (non-hydrogen) atoms. The van der Waals surface area contributed by atoms with Crippen molar-refractivity contribution < 1.29 is 44.1 Å². The predicted molar refractivity (Wildman–Crippen MR) is 97.6 cm³/mol. The number of nitrogens with one attached hydrogen (secondary N) is 4. The third-order valence-corrected chi connectivity index (χ3v) is 4.17. The molecule has 4 amide bonds. The number of carbonyl (C=O) groups is 6. The van der Waals surface area contributed by atoms with Gasteiger partial charge in [-0.2, -0.15) is 0 Å². The molecule has 0 unspecified atom stereocenters. The number of aliphatic carboxylic acids is 2. The first-order chi connectivity index (χ1) is 14.0. The maximum Gasteiger partial charge on any atom is 0.326 e. The zero-order valence-electron chi connectivity index (χ0n) is 15.9. The van der Waals surface area contributed by atoms with E-state index >= 15 is 0 Å². The molecule has 0 aliphatic carbocycles. The summed E-state index contributed by atoms with van der Waals surface area (Å²) in [5.74, 6) is -6.20. The van der Waals surface area contributed by atoms with Crippen molar-refractivity contribution in [2.24, 2.45) is 5.73 Å². The number of carbonyl (C=O) groups excluding carboxylic acids is 4. The van der Waals surface area contributed by atoms with Gasteiger partial charge in [0, 0.05) is 13.0 Å². The summed E-state index contributed by atoms with van der Waals surface area (Å²) in [6.07, 6.45) is -1.98. The second-order valence-electron chi connectivity index (χ2n) is 6.69. The van der Waals surface area contributed by atoms with Crippen LogP contribution in [0, 0.1) is 0 Å². The van der Waals surface area contributed by atoms with Gasteiger partial charge in [0.05, 0.1) is 25.1 Å². The number of rotatable bonds is 12. The van der Waals surface area contributed by atoms with Crippen molar-refractivity contribution in [2.75, 3.05) is 13.1 Å². The Labute approximate surface area is 170 Å². The van der Waals surface area contributed by atoms with Crippen molar-refractivity contribution in [2.45, 2.75) is 49.9 Å². The van der Waals surface area contributed by atoms with E-state index in [-0.39, 0.29) is 25.8 Å². The molecule has 0 aromatic carbocycles. The van der Waals surface area contributed by atoms with Crippen LogP contribution < -0.4 is 27.0 Å². The molecular weight excluding hydrogens is 406 g/mol. The fraction of sp³-hybridized carbons (Fsp3) is 0.625. The summed E-state index contributed by atoms with van der Waals surface area (Å²) >= 11 is 0. The molecule has 1 aliphatic heterocycles. The number of aliphatic hydroxyl groups excluding tert-OH is 1. The molecule has 0 spiro atoms. The molecule has 4 atom stereocenters. The molecule has 168 valence electrons. The lowest BCUT2D eigenvalue weighted by Crippen LogP contribution is -2.54. The van der Waals surface area contributed by atoms with E-state index in [1.165, 1.54) is 0 Å². The highest BCUT2D eigenvalue weighted by molar-refractivity contribution is 5.93. The van der Waals surface area contributed by atoms with Crippen molar-refractivity contribution in [3.8, 4) is 0 Å². The number of carboxylic acids is 2. The van der Waals surface area contributed by atoms with E-state index in [0.717, 1.165) is 0 Å². The van der Waals surface area contributed by atoms with Crippen LogP contribution in [0.1, 0.15) is 25.7 Å². The minimum Gasteiger partial charge on any atom is -0.481 e. The Kier molecular flexibility index (Phi) is 9.64. The first-order valence-corrected chi connectivity index (χ1v) is 9.01. The number of amides is 4. The Morgan fingerprint density at radius 2 is 1.73 bits per heavy atom. The highest BCUT2D eigenvalue weighted by Crippen LogP contribution is 2.06. The molecule has 14 nitrogen and oxygen atoms in total. The molecule has 9 N–H and O–H groups in total. The van der Waals surface area contributed by atoms with Crippen LogP contribution in [-0.2, 0) is 28.8 Å². The van der Waals surface area contributed by atoms with Crippen molar-refractivity contribution in [3.63, 3.8) is 0 Å². The van der Waals surface area contributed by atoms with Crippen molar-refractivity contribution in [1.29, 1.82) is 0 Å². The lowest BCUT2D eigenvalue weighted by atomic mass is 10.1. The molecule has 0 saturated carbocycles. The zero-order chi connectivity index (χ0) is 22.8. The summed E-state index contributed by atoms with van der Waals surface area (Å²) in [5, 5.41) is 36.4. The number of carboxylic acid groups (broad SMARTS) is 2. The summed E-state index contributed by atoms with van der Waals surface area (Å²) < 4.78 is 0. The second kappa shape index (κ2) is 11.7. The average molecular weight is 431 g/mol. The topological polar surface area (TPSA) is 237 Å². The first-order valence-electron chi connectivity index (χ1n) is 9.01. The molecule has 1 rings (SSSR count). The first kappa shape index (κ1) is 24.8. The maximum atomic E-state index is 12.3. The standard InChI is InChI=1S/C16H25N5O9/c17-11(23)2-1-8(15(28)21-10(16(29)30)4-13(25)26)20-12(24)6-19-14(27)9-3-7(22)5-18-9/h7-10,18,22H,1-6H2,(H2,17,23)(H,19,27)(H,20,24)(H,21,28)(H,25,26)(H,29,30)/t7-,8+,9+,10+/m1/s1. The van der Waals surface area contributed by atoms with Gasteiger partial charge in [0.25, 0.3) is 0 Å². The van der Waals surface area contributed by atoms with E-state index in [1.807, 2.05) is 5.32 Å². The Morgan fingerprint density at radius 1 is 1.07 bits per heavy atom. The monoisotopic (exact) mass is 431 g/mol. The van der Waals surface area contributed by atoms with Gasteiger partial charge < -0.3 is 42.3 Å². The Hall–Kier alpha value is -3.26. The van der Waals surface area contributed by atoms with Gasteiger partial charge in [-0.3, -0.25) is 24.0 Å². The fourth-order valence-corrected chi connectivity index (χ4v) is 2.66. The molecule has 0 bridgehead atoms. The number of hydrogen-bond acceptors (Lipinski definition) is 8. The van der Waals surface area contributed by atoms with Crippen LogP contribution in [0.3, 0.4) is 0 Å². The summed E-state index contributed by atoms with van der Waals surface area (Å²) in [6.45, 7) is -0.286. The molecule has 0 aromatic rings. The minimum atomic E-state index is -1.75. The van der Waals surface area contributed by atoms with E-state index in [9.17, 15) is 33.9 Å². The smallest absolute Gasteiger partial charge is 0.326 e. The molecule has 1 saturated heterocycles. The molecular formula is C16H25N5O9. The van der Waals surface area contributed by atoms with Gasteiger partial charge in [-0.25, -0.2) is 4.79 Å². The van der Waals surface area contributed by atoms with Crippen LogP contribution in [0.4, 0.5) is 0 Å². The SMILES string of the molecule is NC(=O)CC[C@H](NC(=O)CNC(=O)[C@@H]1C[C@@H](O)CN1)C(=O)N[C@@H](CC(=O)O)C(=O)O. The van der Waals surface area contributed by atoms with Crippen LogP contribution in [0.15, 0.2) is 0 Å². The highest BCUT2D eigenvalue weighted by atomic mass is 16.4. The van der Waals surface area contributed by atoms with E-state index < -0.39 is 72.8 Å². The number of hydrogen-bond donors (Lipinski definition) is 8. The summed E-state index contributed by atoms with van der Waals surface area (Å²) in [7, 11) is 0. The zero-order valence-corrected chi connectivity index (χ0v) is 15.9. The maximum absolute atomic E-state index is 12.3. The largest absolute Gasteiger partial charge is 0.481 e. The lowest BCUT2D eigenvalue weighted by Gasteiger charge is -2.21. The quantitative estimate of drug-likeness (QED) is 0.148. The van der Waals surface area contributed by atoms with Crippen LogP contribution in [0.2, 0.25) is 0 Å². The number of nitrogens with two attached hydrogens (primary N) is 1. The summed E-state index contributed by atoms with van der Waals surface area (Å²) in [6, 6.07) is -3.80. The molecule has 14 heteroatoms. The van der Waals surface area contributed by atoms with Gasteiger partial charge >= 0.3 is 11.9 Å². The Balaban J connectivity index is 2.66. The van der Waals surface area contributed by atoms with Crippen molar-refractivity contribution in [3.05, 3.63) is 0 Å². The Bertz CT molecular complexity index is 699. The lowest BCUT2D eigenvalue weighted by molar-refractivity contribution is -0.147. The van der Waals surface area contributed by atoms with E-state index in [4.69, 9.17) is 15.9 Å². The molecule has 1 aliphatic rings. The Morgan fingerprint density at radius 3 is 2.23 bits per heavy atom. The normalized spacial score (nSPS) is 19.9. The van der Waals surface area contributed by atoms with E-state index in [1.54, 1.807) is 0 Å². The molecule has 0 aromatic heterocycles. The van der Waals surface area contributed by atoms with Crippen LogP contribution in [0.5, 0.6) is 0 Å². The van der Waals surface area contributed by atoms with Crippen LogP contribution >= 0.6 is 0 Å². The number of aliphatic hydroxyl groups is 1. The van der Waals surface area contributed by atoms with E-state index in [0.29, 0.717) is 0 Å². The van der Waals surface area contributed by atoms with Gasteiger partial charge in [-0.1, -0.05) is 0 Å². The third kappa shape index (κ3) is 8.83. The number of primary amides is 1. The van der Waals surface area contributed by atoms with Gasteiger partial charge in [0.15, 0.2) is 0 Å². The van der Waals surface area contributed by atoms with Crippen LogP contribution in [-0.4, -0.2) is 88.2 Å². The van der Waals surface area contributed by atoms with Gasteiger partial charge in [0.1, 0.15) is 12.1 Å². The summed E-state index contributed by atoms with van der Waals surface area (Å²) in [4.78, 5) is 69.1. The average Bonchev–Trinajstić information content (AvgIpc) is 3.08. The van der Waals surface area contributed by atoms with Crippen molar-refractivity contribution >= 4 is 35.6 Å². The minimum absolute atomic E-state index is 0.178. The molecule has 1 heterocycles. The summed E-state index contributed by atoms with van der Waals surface area (Å²) in [5.41, 5.74) is 5.03. The third-order valence-electron chi connectivity index (χ3n) is 4.17. The van der Waals surface area contributed by atoms with Gasteiger partial charge in [0.2, 0.25) is 23.6 Å². The van der Waals surface area contributed by atoms with Crippen molar-refractivity contribution in [1.82, 2.24) is 21.3 Å².